The van der Waals surface area contributed by atoms with Crippen LogP contribution in [0, 0.1) is 17.0 Å². The molecule has 200 valence electrons. The molecule has 0 atom stereocenters. The van der Waals surface area contributed by atoms with Gasteiger partial charge in [-0.25, -0.2) is 9.69 Å². The number of non-ortho nitro benzene ring substituents is 1. The number of imide groups is 2. The van der Waals surface area contributed by atoms with Crippen LogP contribution in [-0.2, 0) is 16.2 Å². The van der Waals surface area contributed by atoms with Gasteiger partial charge in [-0.2, -0.15) is 0 Å². The van der Waals surface area contributed by atoms with Gasteiger partial charge < -0.3 is 9.47 Å². The first kappa shape index (κ1) is 27.8. The lowest BCUT2D eigenvalue weighted by molar-refractivity contribution is -0.384. The van der Waals surface area contributed by atoms with Crippen molar-refractivity contribution >= 4 is 62.8 Å². The van der Waals surface area contributed by atoms with Gasteiger partial charge in [0.1, 0.15) is 12.2 Å². The van der Waals surface area contributed by atoms with Crippen LogP contribution in [0.4, 0.5) is 16.2 Å². The summed E-state index contributed by atoms with van der Waals surface area (Å²) in [7, 11) is 0. The average Bonchev–Trinajstić information content (AvgIpc) is 2.88. The zero-order valence-electron chi connectivity index (χ0n) is 20.7. The molecule has 4 rings (SSSR count). The summed E-state index contributed by atoms with van der Waals surface area (Å²) in [5, 5.41) is 13.2. The Morgan fingerprint density at radius 3 is 2.44 bits per heavy atom. The molecule has 3 aromatic rings. The van der Waals surface area contributed by atoms with Crippen LogP contribution >= 0.6 is 27.5 Å². The standard InChI is InChI=1S/C27H21BrClN3O7/c1-3-38-23-13-17(12-22(29)24(23)39-14-16-4-6-18(7-5-16)32(36)37)11-20-25(33)30-27(35)31(26(20)34)19-8-9-21(28)15(2)10-19/h4-13H,3,14H2,1-2H3,(H,30,33,35)/b20-11+. The molecule has 39 heavy (non-hydrogen) atoms. The molecule has 1 N–H and O–H groups in total. The van der Waals surface area contributed by atoms with Crippen LogP contribution < -0.4 is 19.7 Å². The molecule has 0 aromatic heterocycles. The molecule has 0 radical (unpaired) electrons. The minimum Gasteiger partial charge on any atom is -0.490 e. The van der Waals surface area contributed by atoms with Gasteiger partial charge in [-0.3, -0.25) is 25.0 Å². The van der Waals surface area contributed by atoms with Gasteiger partial charge in [-0.15, -0.1) is 0 Å². The number of barbiturate groups is 1. The maximum absolute atomic E-state index is 13.3. The molecule has 0 aliphatic carbocycles. The summed E-state index contributed by atoms with van der Waals surface area (Å²) in [5.74, 6) is -1.15. The minimum atomic E-state index is -0.855. The van der Waals surface area contributed by atoms with Crippen LogP contribution in [0.3, 0.4) is 0 Å². The Hall–Kier alpha value is -4.22. The second kappa shape index (κ2) is 11.7. The number of ether oxygens (including phenoxy) is 2. The van der Waals surface area contributed by atoms with E-state index in [1.54, 1.807) is 43.3 Å². The third-order valence-electron chi connectivity index (χ3n) is 5.67. The van der Waals surface area contributed by atoms with E-state index in [0.29, 0.717) is 16.8 Å². The van der Waals surface area contributed by atoms with Crippen molar-refractivity contribution in [2.24, 2.45) is 0 Å². The number of benzene rings is 3. The molecule has 0 saturated carbocycles. The molecule has 1 heterocycles. The van der Waals surface area contributed by atoms with Crippen molar-refractivity contribution in [2.75, 3.05) is 11.5 Å². The van der Waals surface area contributed by atoms with Gasteiger partial charge in [0.25, 0.3) is 17.5 Å². The third-order valence-corrected chi connectivity index (χ3v) is 6.84. The molecule has 10 nitrogen and oxygen atoms in total. The van der Waals surface area contributed by atoms with E-state index in [1.807, 2.05) is 6.92 Å². The summed E-state index contributed by atoms with van der Waals surface area (Å²) in [5.41, 5.74) is 1.83. The second-order valence-corrected chi connectivity index (χ2v) is 9.63. The van der Waals surface area contributed by atoms with E-state index < -0.39 is 22.8 Å². The smallest absolute Gasteiger partial charge is 0.335 e. The predicted octanol–water partition coefficient (Wildman–Crippen LogP) is 5.96. The van der Waals surface area contributed by atoms with Gasteiger partial charge in [0.2, 0.25) is 0 Å². The number of aryl methyl sites for hydroxylation is 1. The number of urea groups is 1. The van der Waals surface area contributed by atoms with Crippen LogP contribution in [0.25, 0.3) is 6.08 Å². The quantitative estimate of drug-likeness (QED) is 0.143. The number of nitrogens with zero attached hydrogens (tertiary/aromatic N) is 2. The molecule has 1 saturated heterocycles. The van der Waals surface area contributed by atoms with Crippen molar-refractivity contribution in [1.82, 2.24) is 5.32 Å². The molecule has 0 spiro atoms. The molecular formula is C27H21BrClN3O7. The van der Waals surface area contributed by atoms with Crippen molar-refractivity contribution in [3.05, 3.63) is 96.5 Å². The highest BCUT2D eigenvalue weighted by atomic mass is 79.9. The zero-order chi connectivity index (χ0) is 28.3. The largest absolute Gasteiger partial charge is 0.490 e. The monoisotopic (exact) mass is 613 g/mol. The first-order valence-corrected chi connectivity index (χ1v) is 12.8. The number of hydrogen-bond acceptors (Lipinski definition) is 7. The summed E-state index contributed by atoms with van der Waals surface area (Å²) >= 11 is 9.88. The number of hydrogen-bond donors (Lipinski definition) is 1. The Bertz CT molecular complexity index is 1520. The fraction of sp³-hybridized carbons (Fsp3) is 0.148. The number of nitro benzene ring substituents is 1. The van der Waals surface area contributed by atoms with E-state index in [4.69, 9.17) is 21.1 Å². The summed E-state index contributed by atoms with van der Waals surface area (Å²) in [4.78, 5) is 49.7. The SMILES string of the molecule is CCOc1cc(/C=C2\C(=O)NC(=O)N(c3ccc(Br)c(C)c3)C2=O)cc(Cl)c1OCc1ccc([N+](=O)[O-])cc1. The average molecular weight is 615 g/mol. The fourth-order valence-electron chi connectivity index (χ4n) is 3.77. The van der Waals surface area contributed by atoms with Crippen molar-refractivity contribution < 1.29 is 28.8 Å². The summed E-state index contributed by atoms with van der Waals surface area (Å²) in [6.07, 6.45) is 1.32. The van der Waals surface area contributed by atoms with Crippen LogP contribution in [0.15, 0.2) is 64.6 Å². The number of carbonyl (C=O) groups is 3. The van der Waals surface area contributed by atoms with Crippen molar-refractivity contribution in [3.8, 4) is 11.5 Å². The summed E-state index contributed by atoms with van der Waals surface area (Å²) < 4.78 is 12.3. The number of amides is 4. The molecule has 4 amide bonds. The Labute approximate surface area is 236 Å². The highest BCUT2D eigenvalue weighted by Crippen LogP contribution is 2.38. The van der Waals surface area contributed by atoms with E-state index in [2.05, 4.69) is 21.2 Å². The molecule has 0 unspecified atom stereocenters. The van der Waals surface area contributed by atoms with Gasteiger partial charge in [-0.05, 0) is 79.1 Å². The fourth-order valence-corrected chi connectivity index (χ4v) is 4.29. The Morgan fingerprint density at radius 2 is 1.79 bits per heavy atom. The molecule has 0 bridgehead atoms. The van der Waals surface area contributed by atoms with E-state index in [1.165, 1.54) is 24.3 Å². The molecular weight excluding hydrogens is 594 g/mol. The topological polar surface area (TPSA) is 128 Å². The number of nitro groups is 1. The maximum Gasteiger partial charge on any atom is 0.335 e. The molecule has 3 aromatic carbocycles. The molecule has 12 heteroatoms. The highest BCUT2D eigenvalue weighted by Gasteiger charge is 2.37. The van der Waals surface area contributed by atoms with Gasteiger partial charge in [0.05, 0.1) is 22.2 Å². The van der Waals surface area contributed by atoms with E-state index in [-0.39, 0.29) is 41.0 Å². The number of anilines is 1. The van der Waals surface area contributed by atoms with Crippen LogP contribution in [-0.4, -0.2) is 29.4 Å². The Balaban J connectivity index is 1.63. The normalized spacial score (nSPS) is 14.4. The lowest BCUT2D eigenvalue weighted by atomic mass is 10.1. The zero-order valence-corrected chi connectivity index (χ0v) is 23.0. The Kier molecular flexibility index (Phi) is 8.32. The molecule has 1 aliphatic heterocycles. The number of rotatable bonds is 8. The lowest BCUT2D eigenvalue weighted by Gasteiger charge is -2.26. The van der Waals surface area contributed by atoms with Gasteiger partial charge >= 0.3 is 6.03 Å². The lowest BCUT2D eigenvalue weighted by Crippen LogP contribution is -2.54. The first-order valence-electron chi connectivity index (χ1n) is 11.6. The van der Waals surface area contributed by atoms with Crippen LogP contribution in [0.2, 0.25) is 5.02 Å². The third kappa shape index (κ3) is 6.10. The highest BCUT2D eigenvalue weighted by molar-refractivity contribution is 9.10. The maximum atomic E-state index is 13.3. The number of nitrogens with one attached hydrogen (secondary N) is 1. The van der Waals surface area contributed by atoms with E-state index in [0.717, 1.165) is 14.9 Å². The van der Waals surface area contributed by atoms with Gasteiger partial charge in [-0.1, -0.05) is 27.5 Å². The molecule has 1 aliphatic rings. The summed E-state index contributed by atoms with van der Waals surface area (Å²) in [6, 6.07) is 13.0. The van der Waals surface area contributed by atoms with E-state index >= 15 is 0 Å². The predicted molar refractivity (Wildman–Crippen MR) is 148 cm³/mol. The van der Waals surface area contributed by atoms with Crippen molar-refractivity contribution in [1.29, 1.82) is 0 Å². The van der Waals surface area contributed by atoms with Gasteiger partial charge in [0.15, 0.2) is 11.5 Å². The van der Waals surface area contributed by atoms with Crippen molar-refractivity contribution in [2.45, 2.75) is 20.5 Å². The van der Waals surface area contributed by atoms with Crippen LogP contribution in [0.1, 0.15) is 23.6 Å². The molecule has 1 fully saturated rings. The minimum absolute atomic E-state index is 0.0407. The summed E-state index contributed by atoms with van der Waals surface area (Å²) in [6.45, 7) is 3.91. The number of carbonyl (C=O) groups excluding carboxylic acids is 3. The number of halogens is 2. The Morgan fingerprint density at radius 1 is 1.08 bits per heavy atom. The first-order chi connectivity index (χ1) is 18.6. The second-order valence-electron chi connectivity index (χ2n) is 8.37. The van der Waals surface area contributed by atoms with Crippen LogP contribution in [0.5, 0.6) is 11.5 Å². The van der Waals surface area contributed by atoms with E-state index in [9.17, 15) is 24.5 Å². The van der Waals surface area contributed by atoms with Gasteiger partial charge in [0, 0.05) is 16.6 Å². The van der Waals surface area contributed by atoms with Crippen molar-refractivity contribution in [3.63, 3.8) is 0 Å².